The van der Waals surface area contributed by atoms with Gasteiger partial charge in [-0.25, -0.2) is 9.97 Å². The average molecular weight is 552 g/mol. The van der Waals surface area contributed by atoms with Gasteiger partial charge < -0.3 is 0 Å². The Morgan fingerprint density at radius 3 is 1.30 bits per heavy atom. The summed E-state index contributed by atoms with van der Waals surface area (Å²) in [5, 5.41) is 14.1. The van der Waals surface area contributed by atoms with E-state index >= 15 is 0 Å². The maximum absolute atomic E-state index is 5.11. The zero-order chi connectivity index (χ0) is 28.6. The van der Waals surface area contributed by atoms with Gasteiger partial charge in [-0.15, -0.1) is 10.2 Å². The molecule has 0 saturated carbocycles. The van der Waals surface area contributed by atoms with Gasteiger partial charge in [-0.2, -0.15) is 0 Å². The first kappa shape index (κ1) is 24.8. The van der Waals surface area contributed by atoms with Crippen molar-refractivity contribution in [1.29, 1.82) is 0 Å². The van der Waals surface area contributed by atoms with Crippen LogP contribution in [0.15, 0.2) is 152 Å². The van der Waals surface area contributed by atoms with E-state index in [9.17, 15) is 0 Å². The molecule has 0 N–H and O–H groups in total. The lowest BCUT2D eigenvalue weighted by molar-refractivity contribution is 1.05. The molecule has 0 saturated heterocycles. The predicted octanol–water partition coefficient (Wildman–Crippen LogP) is 9.03. The molecule has 5 aromatic carbocycles. The summed E-state index contributed by atoms with van der Waals surface area (Å²) in [5.74, 6) is 1.31. The highest BCUT2D eigenvalue weighted by molar-refractivity contribution is 5.97. The van der Waals surface area contributed by atoms with Crippen LogP contribution in [-0.4, -0.2) is 24.7 Å². The van der Waals surface area contributed by atoms with E-state index in [1.807, 2.05) is 59.2 Å². The molecule has 8 rings (SSSR count). The molecule has 0 radical (unpaired) electrons. The summed E-state index contributed by atoms with van der Waals surface area (Å²) in [6, 6.07) is 51.7. The van der Waals surface area contributed by atoms with Gasteiger partial charge in [-0.05, 0) is 57.9 Å². The number of aromatic nitrogens is 5. The summed E-state index contributed by atoms with van der Waals surface area (Å²) in [5.41, 5.74) is 6.33. The highest BCUT2D eigenvalue weighted by Crippen LogP contribution is 2.33. The number of pyridine rings is 2. The Kier molecular flexibility index (Phi) is 6.05. The van der Waals surface area contributed by atoms with Crippen molar-refractivity contribution in [2.75, 3.05) is 0 Å². The topological polar surface area (TPSA) is 56.5 Å². The first-order valence-corrected chi connectivity index (χ1v) is 14.3. The molecule has 0 aliphatic rings. The van der Waals surface area contributed by atoms with Crippen LogP contribution < -0.4 is 0 Å². The molecule has 0 aliphatic carbocycles. The van der Waals surface area contributed by atoms with Crippen LogP contribution in [0.1, 0.15) is 0 Å². The number of hydrogen-bond donors (Lipinski definition) is 0. The number of benzene rings is 5. The lowest BCUT2D eigenvalue weighted by Gasteiger charge is -2.12. The molecule has 3 aromatic heterocycles. The second-order valence-corrected chi connectivity index (χ2v) is 10.4. The largest absolute Gasteiger partial charge is 0.272 e. The number of rotatable bonds is 5. The van der Waals surface area contributed by atoms with Crippen molar-refractivity contribution in [2.24, 2.45) is 0 Å². The van der Waals surface area contributed by atoms with Crippen LogP contribution in [0.3, 0.4) is 0 Å². The normalized spacial score (nSPS) is 11.3. The molecule has 8 aromatic rings. The van der Waals surface area contributed by atoms with Crippen molar-refractivity contribution in [1.82, 2.24) is 24.7 Å². The zero-order valence-electron chi connectivity index (χ0n) is 23.2. The molecule has 43 heavy (non-hydrogen) atoms. The Hall–Kier alpha value is -5.94. The second kappa shape index (κ2) is 10.5. The van der Waals surface area contributed by atoms with Gasteiger partial charge in [0, 0.05) is 16.8 Å². The quantitative estimate of drug-likeness (QED) is 0.214. The van der Waals surface area contributed by atoms with Crippen molar-refractivity contribution in [2.45, 2.75) is 0 Å². The first-order valence-electron chi connectivity index (χ1n) is 14.3. The van der Waals surface area contributed by atoms with Crippen LogP contribution in [0.4, 0.5) is 0 Å². The maximum Gasteiger partial charge on any atom is 0.187 e. The Morgan fingerprint density at radius 1 is 0.349 bits per heavy atom. The van der Waals surface area contributed by atoms with Gasteiger partial charge in [0.05, 0.1) is 11.4 Å². The second-order valence-electron chi connectivity index (χ2n) is 10.4. The van der Waals surface area contributed by atoms with E-state index < -0.39 is 0 Å². The lowest BCUT2D eigenvalue weighted by Crippen LogP contribution is -2.02. The molecule has 0 spiro atoms. The Labute approximate surface area is 248 Å². The first-order chi connectivity index (χ1) is 21.3. The minimum Gasteiger partial charge on any atom is -0.272 e. The number of para-hydroxylation sites is 1. The third-order valence-corrected chi connectivity index (χ3v) is 7.77. The van der Waals surface area contributed by atoms with Crippen molar-refractivity contribution in [3.63, 3.8) is 0 Å². The number of hydrogen-bond acceptors (Lipinski definition) is 4. The summed E-state index contributed by atoms with van der Waals surface area (Å²) in [7, 11) is 0. The molecule has 5 nitrogen and oxygen atoms in total. The smallest absolute Gasteiger partial charge is 0.187 e. The third kappa shape index (κ3) is 4.44. The molecular weight excluding hydrogens is 526 g/mol. The van der Waals surface area contributed by atoms with Crippen molar-refractivity contribution >= 4 is 21.5 Å². The van der Waals surface area contributed by atoms with Crippen LogP contribution in [0.2, 0.25) is 0 Å². The van der Waals surface area contributed by atoms with Crippen molar-refractivity contribution in [3.8, 4) is 51.2 Å². The summed E-state index contributed by atoms with van der Waals surface area (Å²) in [6.45, 7) is 0. The van der Waals surface area contributed by atoms with Gasteiger partial charge in [-0.1, -0.05) is 115 Å². The van der Waals surface area contributed by atoms with E-state index in [2.05, 4.69) is 97.1 Å². The molecule has 0 fully saturated rings. The van der Waals surface area contributed by atoms with Crippen LogP contribution in [0, 0.1) is 0 Å². The highest BCUT2D eigenvalue weighted by atomic mass is 15.3. The fourth-order valence-electron chi connectivity index (χ4n) is 5.75. The SMILES string of the molecule is c1ccc(-n2c(-c3cccc(-c4cccc5ccccc45)n3)nnc2-c2cccc(-c3cccc4ccccc34)n2)cc1. The zero-order valence-corrected chi connectivity index (χ0v) is 23.2. The molecule has 5 heteroatoms. The Balaban J connectivity index is 1.29. The van der Waals surface area contributed by atoms with E-state index in [1.54, 1.807) is 0 Å². The van der Waals surface area contributed by atoms with Gasteiger partial charge >= 0.3 is 0 Å². The minimum absolute atomic E-state index is 0.653. The van der Waals surface area contributed by atoms with Crippen LogP contribution in [0.25, 0.3) is 72.8 Å². The fourth-order valence-corrected chi connectivity index (χ4v) is 5.75. The van der Waals surface area contributed by atoms with E-state index in [4.69, 9.17) is 20.2 Å². The van der Waals surface area contributed by atoms with Gasteiger partial charge in [-0.3, -0.25) is 4.57 Å². The van der Waals surface area contributed by atoms with Crippen LogP contribution in [-0.2, 0) is 0 Å². The van der Waals surface area contributed by atoms with Gasteiger partial charge in [0.2, 0.25) is 0 Å². The van der Waals surface area contributed by atoms with E-state index in [0.29, 0.717) is 11.6 Å². The molecule has 3 heterocycles. The van der Waals surface area contributed by atoms with Crippen LogP contribution >= 0.6 is 0 Å². The number of fused-ring (bicyclic) bond motifs is 2. The third-order valence-electron chi connectivity index (χ3n) is 7.77. The standard InChI is InChI=1S/C38H25N5/c1-2-16-28(17-3-1)43-37(35-24-10-22-33(39-35)31-20-8-14-26-12-4-6-18-29(26)31)41-42-38(43)36-25-11-23-34(40-36)32-21-9-15-27-13-5-7-19-30(27)32/h1-25H. The fraction of sp³-hybridized carbons (Fsp3) is 0. The molecule has 202 valence electrons. The van der Waals surface area contributed by atoms with Gasteiger partial charge in [0.1, 0.15) is 11.4 Å². The molecule has 0 bridgehead atoms. The Bertz CT molecular complexity index is 2100. The monoisotopic (exact) mass is 551 g/mol. The van der Waals surface area contributed by atoms with Crippen molar-refractivity contribution in [3.05, 3.63) is 152 Å². The van der Waals surface area contributed by atoms with Crippen molar-refractivity contribution < 1.29 is 0 Å². The molecule has 0 aliphatic heterocycles. The summed E-state index contributed by atoms with van der Waals surface area (Å²) >= 11 is 0. The lowest BCUT2D eigenvalue weighted by atomic mass is 10.0. The van der Waals surface area contributed by atoms with E-state index in [1.165, 1.54) is 10.8 Å². The average Bonchev–Trinajstić information content (AvgIpc) is 3.54. The van der Waals surface area contributed by atoms with E-state index in [-0.39, 0.29) is 0 Å². The molecule has 0 amide bonds. The summed E-state index contributed by atoms with van der Waals surface area (Å²) < 4.78 is 2.05. The number of nitrogens with zero attached hydrogens (tertiary/aromatic N) is 5. The summed E-state index contributed by atoms with van der Waals surface area (Å²) in [4.78, 5) is 10.2. The Morgan fingerprint density at radius 2 is 0.767 bits per heavy atom. The molecule has 0 unspecified atom stereocenters. The highest BCUT2D eigenvalue weighted by Gasteiger charge is 2.20. The summed E-state index contributed by atoms with van der Waals surface area (Å²) in [6.07, 6.45) is 0. The molecule has 0 atom stereocenters. The predicted molar refractivity (Wildman–Crippen MR) is 174 cm³/mol. The minimum atomic E-state index is 0.653. The van der Waals surface area contributed by atoms with Gasteiger partial charge in [0.25, 0.3) is 0 Å². The van der Waals surface area contributed by atoms with Gasteiger partial charge in [0.15, 0.2) is 11.6 Å². The van der Waals surface area contributed by atoms with Crippen LogP contribution in [0.5, 0.6) is 0 Å². The molecular formula is C38H25N5. The van der Waals surface area contributed by atoms with E-state index in [0.717, 1.165) is 50.4 Å². The maximum atomic E-state index is 5.11.